The van der Waals surface area contributed by atoms with Gasteiger partial charge < -0.3 is 15.2 Å². The van der Waals surface area contributed by atoms with Crippen LogP contribution in [-0.4, -0.2) is 54.6 Å². The summed E-state index contributed by atoms with van der Waals surface area (Å²) in [6.45, 7) is 11.1. The molecule has 0 radical (unpaired) electrons. The number of hydrogen-bond donors (Lipinski definition) is 2. The van der Waals surface area contributed by atoms with Gasteiger partial charge in [-0.2, -0.15) is 0 Å². The Morgan fingerprint density at radius 3 is 2.52 bits per heavy atom. The van der Waals surface area contributed by atoms with Crippen LogP contribution in [0.3, 0.4) is 0 Å². The van der Waals surface area contributed by atoms with Gasteiger partial charge >= 0.3 is 0 Å². The first-order chi connectivity index (χ1) is 14.0. The standard InChI is InChI=1S/C24H30N4O/c1-17(27-11-13-28(14-12-27)21-7-5-4-6-8-21)16-25-24(29)20-9-10-23-22(15-20)18(2)19(3)26-23/h4-10,15,17,26H,11-14,16H2,1-3H3,(H,25,29). The number of para-hydroxylation sites is 1. The predicted octanol–water partition coefficient (Wildman–Crippen LogP) is 3.73. The van der Waals surface area contributed by atoms with Gasteiger partial charge in [0.05, 0.1) is 0 Å². The number of piperazine rings is 1. The molecule has 5 nitrogen and oxygen atoms in total. The van der Waals surface area contributed by atoms with E-state index in [4.69, 9.17) is 0 Å². The molecule has 3 aromatic rings. The zero-order chi connectivity index (χ0) is 20.4. The lowest BCUT2D eigenvalue weighted by Crippen LogP contribution is -2.52. The number of amides is 1. The van der Waals surface area contributed by atoms with Crippen LogP contribution < -0.4 is 10.2 Å². The van der Waals surface area contributed by atoms with Crippen LogP contribution in [0.2, 0.25) is 0 Å². The van der Waals surface area contributed by atoms with Crippen LogP contribution in [0.4, 0.5) is 5.69 Å². The summed E-state index contributed by atoms with van der Waals surface area (Å²) in [5.74, 6) is -0.0000698. The van der Waals surface area contributed by atoms with E-state index in [9.17, 15) is 4.79 Å². The molecule has 1 aliphatic rings. The lowest BCUT2D eigenvalue weighted by atomic mass is 10.1. The molecule has 152 valence electrons. The van der Waals surface area contributed by atoms with E-state index in [-0.39, 0.29) is 5.91 Å². The van der Waals surface area contributed by atoms with Crippen LogP contribution >= 0.6 is 0 Å². The molecular weight excluding hydrogens is 360 g/mol. The highest BCUT2D eigenvalue weighted by molar-refractivity contribution is 5.99. The highest BCUT2D eigenvalue weighted by Crippen LogP contribution is 2.22. The van der Waals surface area contributed by atoms with Gasteiger partial charge in [0.2, 0.25) is 0 Å². The summed E-state index contributed by atoms with van der Waals surface area (Å²) in [5.41, 5.74) is 5.46. The van der Waals surface area contributed by atoms with Crippen molar-refractivity contribution in [3.63, 3.8) is 0 Å². The summed E-state index contributed by atoms with van der Waals surface area (Å²) in [6, 6.07) is 16.8. The molecule has 2 N–H and O–H groups in total. The van der Waals surface area contributed by atoms with Crippen LogP contribution in [0.25, 0.3) is 10.9 Å². The fraction of sp³-hybridized carbons (Fsp3) is 0.375. The molecule has 0 spiro atoms. The largest absolute Gasteiger partial charge is 0.369 e. The van der Waals surface area contributed by atoms with Crippen molar-refractivity contribution >= 4 is 22.5 Å². The number of rotatable bonds is 5. The Morgan fingerprint density at radius 1 is 1.07 bits per heavy atom. The molecule has 0 saturated carbocycles. The van der Waals surface area contributed by atoms with E-state index in [1.165, 1.54) is 11.3 Å². The molecule has 2 aromatic carbocycles. The van der Waals surface area contributed by atoms with Crippen molar-refractivity contribution in [2.45, 2.75) is 26.8 Å². The smallest absolute Gasteiger partial charge is 0.251 e. The second kappa shape index (κ2) is 8.29. The molecule has 5 heteroatoms. The molecule has 1 aliphatic heterocycles. The minimum Gasteiger partial charge on any atom is -0.369 e. The van der Waals surface area contributed by atoms with E-state index in [0.717, 1.165) is 48.3 Å². The Morgan fingerprint density at radius 2 is 1.79 bits per heavy atom. The van der Waals surface area contributed by atoms with Crippen molar-refractivity contribution in [1.29, 1.82) is 0 Å². The minimum atomic E-state index is -0.0000698. The number of aromatic amines is 1. The maximum atomic E-state index is 12.7. The Hall–Kier alpha value is -2.79. The predicted molar refractivity (Wildman–Crippen MR) is 120 cm³/mol. The number of H-pyrrole nitrogens is 1. The average Bonchev–Trinajstić information content (AvgIpc) is 3.05. The number of hydrogen-bond acceptors (Lipinski definition) is 3. The van der Waals surface area contributed by atoms with Gasteiger partial charge in [-0.25, -0.2) is 0 Å². The van der Waals surface area contributed by atoms with E-state index in [0.29, 0.717) is 12.6 Å². The highest BCUT2D eigenvalue weighted by atomic mass is 16.1. The maximum Gasteiger partial charge on any atom is 0.251 e. The Kier molecular flexibility index (Phi) is 5.58. The molecule has 29 heavy (non-hydrogen) atoms. The number of fused-ring (bicyclic) bond motifs is 1. The van der Waals surface area contributed by atoms with Gasteiger partial charge in [-0.05, 0) is 56.7 Å². The van der Waals surface area contributed by atoms with Gasteiger partial charge in [-0.1, -0.05) is 18.2 Å². The number of nitrogens with zero attached hydrogens (tertiary/aromatic N) is 2. The summed E-state index contributed by atoms with van der Waals surface area (Å²) in [7, 11) is 0. The van der Waals surface area contributed by atoms with Crippen molar-refractivity contribution in [2.75, 3.05) is 37.6 Å². The van der Waals surface area contributed by atoms with Gasteiger partial charge in [0.25, 0.3) is 5.91 Å². The number of carbonyl (C=O) groups excluding carboxylic acids is 1. The van der Waals surface area contributed by atoms with E-state index in [2.05, 4.69) is 71.2 Å². The molecule has 1 amide bonds. The molecule has 1 saturated heterocycles. The summed E-state index contributed by atoms with van der Waals surface area (Å²) in [6.07, 6.45) is 0. The van der Waals surface area contributed by atoms with Gasteiger partial charge in [-0.15, -0.1) is 0 Å². The van der Waals surface area contributed by atoms with Gasteiger partial charge in [0.1, 0.15) is 0 Å². The zero-order valence-corrected chi connectivity index (χ0v) is 17.5. The van der Waals surface area contributed by atoms with E-state index >= 15 is 0 Å². The third-order valence-electron chi connectivity index (χ3n) is 6.19. The van der Waals surface area contributed by atoms with Crippen molar-refractivity contribution < 1.29 is 4.79 Å². The first-order valence-electron chi connectivity index (χ1n) is 10.4. The van der Waals surface area contributed by atoms with Gasteiger partial charge in [0, 0.05) is 66.6 Å². The van der Waals surface area contributed by atoms with Crippen molar-refractivity contribution in [1.82, 2.24) is 15.2 Å². The van der Waals surface area contributed by atoms with Crippen LogP contribution in [0.15, 0.2) is 48.5 Å². The third kappa shape index (κ3) is 4.15. The minimum absolute atomic E-state index is 0.0000698. The fourth-order valence-corrected chi connectivity index (χ4v) is 4.13. The quantitative estimate of drug-likeness (QED) is 0.698. The Bertz CT molecular complexity index is 987. The van der Waals surface area contributed by atoms with E-state index in [1.807, 2.05) is 18.2 Å². The molecule has 1 aromatic heterocycles. The molecule has 0 aliphatic carbocycles. The number of nitrogens with one attached hydrogen (secondary N) is 2. The monoisotopic (exact) mass is 390 g/mol. The van der Waals surface area contributed by atoms with Crippen LogP contribution in [-0.2, 0) is 0 Å². The summed E-state index contributed by atoms with van der Waals surface area (Å²) >= 11 is 0. The van der Waals surface area contributed by atoms with E-state index in [1.54, 1.807) is 0 Å². The lowest BCUT2D eigenvalue weighted by Gasteiger charge is -2.39. The lowest BCUT2D eigenvalue weighted by molar-refractivity contribution is 0.0934. The fourth-order valence-electron chi connectivity index (χ4n) is 4.13. The Balaban J connectivity index is 1.31. The number of anilines is 1. The SMILES string of the molecule is Cc1[nH]c2ccc(C(=O)NCC(C)N3CCN(c4ccccc4)CC3)cc2c1C. The summed E-state index contributed by atoms with van der Waals surface area (Å²) in [5, 5.41) is 4.25. The zero-order valence-electron chi connectivity index (χ0n) is 17.5. The van der Waals surface area contributed by atoms with Crippen molar-refractivity contribution in [2.24, 2.45) is 0 Å². The molecule has 2 heterocycles. The van der Waals surface area contributed by atoms with Crippen molar-refractivity contribution in [3.05, 3.63) is 65.4 Å². The van der Waals surface area contributed by atoms with Crippen molar-refractivity contribution in [3.8, 4) is 0 Å². The topological polar surface area (TPSA) is 51.4 Å². The molecule has 0 bridgehead atoms. The molecule has 4 rings (SSSR count). The maximum absolute atomic E-state index is 12.7. The normalized spacial score (nSPS) is 16.2. The third-order valence-corrected chi connectivity index (χ3v) is 6.19. The summed E-state index contributed by atoms with van der Waals surface area (Å²) < 4.78 is 0. The van der Waals surface area contributed by atoms with E-state index < -0.39 is 0 Å². The first-order valence-corrected chi connectivity index (χ1v) is 10.4. The highest BCUT2D eigenvalue weighted by Gasteiger charge is 2.21. The second-order valence-corrected chi connectivity index (χ2v) is 8.05. The van der Waals surface area contributed by atoms with Gasteiger partial charge in [-0.3, -0.25) is 9.69 Å². The molecule has 1 unspecified atom stereocenters. The van der Waals surface area contributed by atoms with Crippen LogP contribution in [0.5, 0.6) is 0 Å². The number of aryl methyl sites for hydroxylation is 2. The van der Waals surface area contributed by atoms with Gasteiger partial charge in [0.15, 0.2) is 0 Å². The number of carbonyl (C=O) groups is 1. The summed E-state index contributed by atoms with van der Waals surface area (Å²) in [4.78, 5) is 20.9. The molecular formula is C24H30N4O. The number of benzene rings is 2. The molecule has 1 atom stereocenters. The second-order valence-electron chi connectivity index (χ2n) is 8.05. The number of aromatic nitrogens is 1. The average molecular weight is 391 g/mol. The Labute approximate surface area is 172 Å². The first kappa shape index (κ1) is 19.5. The van der Waals surface area contributed by atoms with Crippen LogP contribution in [0.1, 0.15) is 28.5 Å². The van der Waals surface area contributed by atoms with Crippen LogP contribution in [0, 0.1) is 13.8 Å². The molecule has 1 fully saturated rings.